The highest BCUT2D eigenvalue weighted by Crippen LogP contribution is 2.35. The van der Waals surface area contributed by atoms with Crippen molar-refractivity contribution >= 4 is 57.7 Å². The topological polar surface area (TPSA) is 125 Å². The van der Waals surface area contributed by atoms with Gasteiger partial charge in [-0.25, -0.2) is 4.98 Å². The zero-order valence-electron chi connectivity index (χ0n) is 22.4. The van der Waals surface area contributed by atoms with Crippen LogP contribution in [-0.2, 0) is 20.8 Å². The number of amides is 4. The van der Waals surface area contributed by atoms with Crippen molar-refractivity contribution in [3.63, 3.8) is 0 Å². The van der Waals surface area contributed by atoms with Gasteiger partial charge >= 0.3 is 0 Å². The molecule has 1 aromatic carbocycles. The van der Waals surface area contributed by atoms with E-state index in [1.807, 2.05) is 0 Å². The second kappa shape index (κ2) is 11.9. The first-order valence-electron chi connectivity index (χ1n) is 12.7. The van der Waals surface area contributed by atoms with Gasteiger partial charge < -0.3 is 24.9 Å². The Morgan fingerprint density at radius 1 is 0.949 bits per heavy atom. The molecule has 11 heteroatoms. The van der Waals surface area contributed by atoms with Crippen LogP contribution in [0.3, 0.4) is 0 Å². The van der Waals surface area contributed by atoms with Gasteiger partial charge in [0.15, 0.2) is 0 Å². The van der Waals surface area contributed by atoms with E-state index >= 15 is 0 Å². The number of carbonyl (C=O) groups excluding carboxylic acids is 4. The molecule has 0 atom stereocenters. The third-order valence-electron chi connectivity index (χ3n) is 6.92. The van der Waals surface area contributed by atoms with Crippen molar-refractivity contribution in [1.82, 2.24) is 14.8 Å². The van der Waals surface area contributed by atoms with Crippen molar-refractivity contribution in [1.29, 1.82) is 0 Å². The maximum atomic E-state index is 13.4. The molecular formula is C28H32ClN5O5. The van der Waals surface area contributed by atoms with Crippen LogP contribution < -0.4 is 10.6 Å². The summed E-state index contributed by atoms with van der Waals surface area (Å²) in [5.74, 6) is -1.07. The van der Waals surface area contributed by atoms with E-state index in [0.29, 0.717) is 47.2 Å². The van der Waals surface area contributed by atoms with Gasteiger partial charge in [-0.15, -0.1) is 0 Å². The average Bonchev–Trinajstić information content (AvgIpc) is 3.27. The van der Waals surface area contributed by atoms with Crippen LogP contribution in [0.25, 0.3) is 11.0 Å². The van der Waals surface area contributed by atoms with Crippen molar-refractivity contribution in [2.24, 2.45) is 11.8 Å². The first-order chi connectivity index (χ1) is 18.5. The minimum atomic E-state index is -0.595. The first kappa shape index (κ1) is 28.1. The Kier molecular flexibility index (Phi) is 8.54. The van der Waals surface area contributed by atoms with Gasteiger partial charge in [0.25, 0.3) is 5.91 Å². The van der Waals surface area contributed by atoms with Gasteiger partial charge in [-0.1, -0.05) is 17.7 Å². The Balaban J connectivity index is 1.62. The number of rotatable bonds is 7. The molecule has 0 bridgehead atoms. The van der Waals surface area contributed by atoms with E-state index in [2.05, 4.69) is 15.6 Å². The van der Waals surface area contributed by atoms with E-state index in [0.717, 1.165) is 0 Å². The van der Waals surface area contributed by atoms with Crippen LogP contribution in [-0.4, -0.2) is 66.6 Å². The van der Waals surface area contributed by atoms with E-state index in [9.17, 15) is 19.2 Å². The van der Waals surface area contributed by atoms with Crippen LogP contribution in [0.4, 0.5) is 11.5 Å². The predicted octanol–water partition coefficient (Wildman–Crippen LogP) is 4.20. The molecule has 0 radical (unpaired) electrons. The Hall–Kier alpha value is -3.92. The number of fused-ring (bicyclic) bond motifs is 1. The molecule has 0 spiro atoms. The summed E-state index contributed by atoms with van der Waals surface area (Å²) in [6.45, 7) is 0. The number of furan rings is 1. The molecule has 2 N–H and O–H groups in total. The summed E-state index contributed by atoms with van der Waals surface area (Å²) < 4.78 is 5.90. The van der Waals surface area contributed by atoms with Crippen molar-refractivity contribution in [3.05, 3.63) is 52.9 Å². The van der Waals surface area contributed by atoms with Gasteiger partial charge in [0, 0.05) is 51.6 Å². The number of carbonyl (C=O) groups is 4. The third kappa shape index (κ3) is 6.57. The zero-order chi connectivity index (χ0) is 28.3. The van der Waals surface area contributed by atoms with Crippen LogP contribution in [0.1, 0.15) is 41.8 Å². The summed E-state index contributed by atoms with van der Waals surface area (Å²) in [7, 11) is 6.83. The Bertz CT molecular complexity index is 1390. The number of aromatic nitrogens is 1. The van der Waals surface area contributed by atoms with Gasteiger partial charge in [-0.3, -0.25) is 19.2 Å². The maximum absolute atomic E-state index is 13.4. The number of nitrogens with one attached hydrogen (secondary N) is 2. The molecule has 4 rings (SSSR count). The quantitative estimate of drug-likeness (QED) is 0.452. The van der Waals surface area contributed by atoms with Crippen LogP contribution in [0.2, 0.25) is 5.02 Å². The van der Waals surface area contributed by atoms with E-state index in [4.69, 9.17) is 16.0 Å². The number of nitrogens with zero attached hydrogens (tertiary/aromatic N) is 3. The highest BCUT2D eigenvalue weighted by atomic mass is 35.5. The number of hydrogen-bond acceptors (Lipinski definition) is 6. The molecule has 206 valence electrons. The number of pyridine rings is 1. The van der Waals surface area contributed by atoms with Crippen molar-refractivity contribution in [2.45, 2.75) is 32.1 Å². The predicted molar refractivity (Wildman–Crippen MR) is 149 cm³/mol. The van der Waals surface area contributed by atoms with E-state index in [1.54, 1.807) is 63.4 Å². The lowest BCUT2D eigenvalue weighted by atomic mass is 9.81. The summed E-state index contributed by atoms with van der Waals surface area (Å²) in [5.41, 5.74) is 1.33. The van der Waals surface area contributed by atoms with Crippen molar-refractivity contribution < 1.29 is 23.6 Å². The molecule has 4 amide bonds. The summed E-state index contributed by atoms with van der Waals surface area (Å²) in [6, 6.07) is 8.33. The maximum Gasteiger partial charge on any atom is 0.294 e. The molecule has 1 fully saturated rings. The number of benzene rings is 1. The van der Waals surface area contributed by atoms with Gasteiger partial charge in [-0.05, 0) is 55.5 Å². The normalized spacial score (nSPS) is 16.9. The summed E-state index contributed by atoms with van der Waals surface area (Å²) in [5, 5.41) is 6.53. The number of halogens is 1. The lowest BCUT2D eigenvalue weighted by Gasteiger charge is -2.28. The fourth-order valence-corrected chi connectivity index (χ4v) is 4.80. The summed E-state index contributed by atoms with van der Waals surface area (Å²) in [6.07, 6.45) is 3.92. The van der Waals surface area contributed by atoms with Gasteiger partial charge in [0.2, 0.25) is 23.5 Å². The largest absolute Gasteiger partial charge is 0.449 e. The fourth-order valence-electron chi connectivity index (χ4n) is 4.69. The Labute approximate surface area is 231 Å². The van der Waals surface area contributed by atoms with E-state index in [-0.39, 0.29) is 53.2 Å². The Morgan fingerprint density at radius 3 is 2.26 bits per heavy atom. The SMILES string of the molecule is CN(C)C(=O)Cc1ccc2oc(C(=O)Nc3ccc(Cl)cn3)c(NC(=O)[C@H]3CC[C@H](C(=O)N(C)C)CC3)c2c1. The molecule has 0 saturated heterocycles. The lowest BCUT2D eigenvalue weighted by Crippen LogP contribution is -2.35. The van der Waals surface area contributed by atoms with E-state index in [1.165, 1.54) is 11.1 Å². The molecule has 2 aromatic heterocycles. The van der Waals surface area contributed by atoms with Crippen LogP contribution in [0, 0.1) is 11.8 Å². The fraction of sp³-hybridized carbons (Fsp3) is 0.393. The first-order valence-corrected chi connectivity index (χ1v) is 13.1. The molecule has 10 nitrogen and oxygen atoms in total. The lowest BCUT2D eigenvalue weighted by molar-refractivity contribution is -0.135. The minimum Gasteiger partial charge on any atom is -0.449 e. The monoisotopic (exact) mass is 553 g/mol. The highest BCUT2D eigenvalue weighted by Gasteiger charge is 2.32. The smallest absolute Gasteiger partial charge is 0.294 e. The molecule has 1 aliphatic carbocycles. The van der Waals surface area contributed by atoms with Crippen molar-refractivity contribution in [2.75, 3.05) is 38.8 Å². The molecule has 3 aromatic rings. The standard InChI is InChI=1S/C28H32ClN5O5/c1-33(2)23(35)14-16-5-11-21-20(13-16)24(25(39-21)27(37)31-22-12-10-19(29)15-30-22)32-26(36)17-6-8-18(9-7-17)28(38)34(3)4/h5,10-13,15,17-18H,6-9,14H2,1-4H3,(H,32,36)(H,30,31,37)/t17-,18-. The zero-order valence-corrected chi connectivity index (χ0v) is 23.2. The molecule has 1 aliphatic rings. The van der Waals surface area contributed by atoms with E-state index < -0.39 is 5.91 Å². The molecule has 1 saturated carbocycles. The molecule has 39 heavy (non-hydrogen) atoms. The molecule has 0 aliphatic heterocycles. The van der Waals surface area contributed by atoms with Crippen LogP contribution in [0.5, 0.6) is 0 Å². The van der Waals surface area contributed by atoms with Crippen LogP contribution >= 0.6 is 11.6 Å². The second-order valence-corrected chi connectivity index (χ2v) is 10.6. The van der Waals surface area contributed by atoms with Gasteiger partial charge in [-0.2, -0.15) is 0 Å². The summed E-state index contributed by atoms with van der Waals surface area (Å²) >= 11 is 5.90. The van der Waals surface area contributed by atoms with Gasteiger partial charge in [0.1, 0.15) is 17.1 Å². The number of hydrogen-bond donors (Lipinski definition) is 2. The number of anilines is 2. The molecule has 0 unspecified atom stereocenters. The Morgan fingerprint density at radius 2 is 1.64 bits per heavy atom. The second-order valence-electron chi connectivity index (χ2n) is 10.2. The minimum absolute atomic E-state index is 0.0734. The van der Waals surface area contributed by atoms with Gasteiger partial charge in [0.05, 0.1) is 11.4 Å². The van der Waals surface area contributed by atoms with Crippen LogP contribution in [0.15, 0.2) is 40.9 Å². The third-order valence-corrected chi connectivity index (χ3v) is 7.14. The number of likely N-dealkylation sites (N-methyl/N-ethyl adjacent to an activating group) is 1. The summed E-state index contributed by atoms with van der Waals surface area (Å²) in [4.78, 5) is 58.4. The van der Waals surface area contributed by atoms with Crippen molar-refractivity contribution in [3.8, 4) is 0 Å². The average molecular weight is 554 g/mol. The molecular weight excluding hydrogens is 522 g/mol. The molecule has 2 heterocycles. The highest BCUT2D eigenvalue weighted by molar-refractivity contribution is 6.30.